The minimum absolute atomic E-state index is 0.00809. The lowest BCUT2D eigenvalue weighted by Crippen LogP contribution is -2.60. The number of rotatable bonds is 14. The molecule has 0 aliphatic rings. The first-order valence-corrected chi connectivity index (χ1v) is 12.6. The first kappa shape index (κ1) is 30.3. The van der Waals surface area contributed by atoms with Crippen molar-refractivity contribution in [2.24, 2.45) is 17.6 Å². The summed E-state index contributed by atoms with van der Waals surface area (Å²) in [7, 11) is 0. The minimum Gasteiger partial charge on any atom is -0.508 e. The zero-order valence-corrected chi connectivity index (χ0v) is 22.1. The summed E-state index contributed by atoms with van der Waals surface area (Å²) in [5, 5.41) is 26.9. The number of aromatic amines is 1. The molecule has 5 unspecified atom stereocenters. The number of carbonyl (C=O) groups is 4. The van der Waals surface area contributed by atoms with E-state index >= 15 is 0 Å². The Kier molecular flexibility index (Phi) is 11.3. The van der Waals surface area contributed by atoms with Gasteiger partial charge in [0.2, 0.25) is 17.7 Å². The number of hydrogen-bond donors (Lipinski definition) is 7. The summed E-state index contributed by atoms with van der Waals surface area (Å²) in [6, 6.07) is 2.12. The lowest BCUT2D eigenvalue weighted by molar-refractivity contribution is -0.142. The van der Waals surface area contributed by atoms with Crippen molar-refractivity contribution in [2.75, 3.05) is 0 Å². The van der Waals surface area contributed by atoms with Gasteiger partial charge in [0, 0.05) is 18.3 Å². The summed E-state index contributed by atoms with van der Waals surface area (Å²) in [5.41, 5.74) is 7.34. The summed E-state index contributed by atoms with van der Waals surface area (Å²) in [6.45, 7) is 7.12. The van der Waals surface area contributed by atoms with Crippen LogP contribution in [0.1, 0.15) is 45.4 Å². The van der Waals surface area contributed by atoms with Crippen molar-refractivity contribution in [3.8, 4) is 5.75 Å². The van der Waals surface area contributed by atoms with E-state index in [4.69, 9.17) is 5.73 Å². The van der Waals surface area contributed by atoms with E-state index in [0.717, 1.165) is 5.56 Å². The number of phenols is 1. The predicted molar refractivity (Wildman–Crippen MR) is 140 cm³/mol. The fraction of sp³-hybridized carbons (Fsp3) is 0.500. The highest BCUT2D eigenvalue weighted by Crippen LogP contribution is 2.13. The Bertz CT molecular complexity index is 1070. The van der Waals surface area contributed by atoms with Crippen LogP contribution in [0.4, 0.5) is 0 Å². The zero-order chi connectivity index (χ0) is 28.4. The van der Waals surface area contributed by atoms with E-state index in [9.17, 15) is 29.4 Å². The number of carboxylic acids is 1. The van der Waals surface area contributed by atoms with E-state index in [-0.39, 0.29) is 30.4 Å². The van der Waals surface area contributed by atoms with Gasteiger partial charge in [-0.2, -0.15) is 0 Å². The van der Waals surface area contributed by atoms with Crippen molar-refractivity contribution >= 4 is 23.7 Å². The lowest BCUT2D eigenvalue weighted by atomic mass is 9.95. The van der Waals surface area contributed by atoms with E-state index in [1.807, 2.05) is 6.92 Å². The highest BCUT2D eigenvalue weighted by Gasteiger charge is 2.34. The summed E-state index contributed by atoms with van der Waals surface area (Å²) < 4.78 is 0. The van der Waals surface area contributed by atoms with E-state index in [1.165, 1.54) is 24.7 Å². The minimum atomic E-state index is -1.23. The summed E-state index contributed by atoms with van der Waals surface area (Å²) in [6.07, 6.45) is 3.61. The molecule has 12 nitrogen and oxygen atoms in total. The van der Waals surface area contributed by atoms with Crippen molar-refractivity contribution in [3.05, 3.63) is 48.0 Å². The normalized spacial score (nSPS) is 15.1. The molecule has 1 heterocycles. The second-order valence-electron chi connectivity index (χ2n) is 9.76. The maximum absolute atomic E-state index is 13.2. The second kappa shape index (κ2) is 14.1. The van der Waals surface area contributed by atoms with Gasteiger partial charge in [0.25, 0.3) is 0 Å². The molecule has 0 saturated heterocycles. The molecule has 1 aromatic carbocycles. The number of imidazole rings is 1. The van der Waals surface area contributed by atoms with Crippen LogP contribution in [0.3, 0.4) is 0 Å². The third-order valence-electron chi connectivity index (χ3n) is 6.36. The van der Waals surface area contributed by atoms with Gasteiger partial charge in [0.15, 0.2) is 0 Å². The molecule has 0 spiro atoms. The summed E-state index contributed by atoms with van der Waals surface area (Å²) in [5.74, 6) is -3.53. The topological polar surface area (TPSA) is 200 Å². The van der Waals surface area contributed by atoms with Crippen LogP contribution < -0.4 is 21.7 Å². The summed E-state index contributed by atoms with van der Waals surface area (Å²) in [4.78, 5) is 57.6. The lowest BCUT2D eigenvalue weighted by Gasteiger charge is -2.29. The summed E-state index contributed by atoms with van der Waals surface area (Å²) >= 11 is 0. The van der Waals surface area contributed by atoms with Crippen LogP contribution in [0.15, 0.2) is 36.8 Å². The first-order chi connectivity index (χ1) is 17.9. The molecule has 1 aromatic heterocycles. The molecule has 2 rings (SSSR count). The molecule has 2 aromatic rings. The molecule has 0 radical (unpaired) electrons. The van der Waals surface area contributed by atoms with Gasteiger partial charge in [-0.05, 0) is 36.0 Å². The molecule has 208 valence electrons. The van der Waals surface area contributed by atoms with Crippen molar-refractivity contribution in [1.82, 2.24) is 25.9 Å². The number of aromatic hydroxyl groups is 1. The number of nitrogens with two attached hydrogens (primary N) is 1. The molecule has 0 bridgehead atoms. The average molecular weight is 531 g/mol. The Morgan fingerprint density at radius 3 is 2.08 bits per heavy atom. The number of nitrogens with one attached hydrogen (secondary N) is 4. The van der Waals surface area contributed by atoms with Crippen LogP contribution in [-0.2, 0) is 32.0 Å². The Balaban J connectivity index is 2.09. The zero-order valence-electron chi connectivity index (χ0n) is 22.1. The number of aromatic nitrogens is 2. The standard InChI is InChI=1S/C26H38N6O6/c1-5-15(4)22(25(36)30-20(26(37)38)11-17-12-28-13-29-17)32-24(35)21(14(2)3)31-23(34)19(27)10-16-6-8-18(33)9-7-16/h6-9,12-15,19-22,33H,5,10-11,27H2,1-4H3,(H,28,29)(H,30,36)(H,31,34)(H,32,35)(H,37,38). The van der Waals surface area contributed by atoms with Crippen LogP contribution in [0, 0.1) is 11.8 Å². The van der Waals surface area contributed by atoms with Gasteiger partial charge >= 0.3 is 5.97 Å². The molecule has 0 aliphatic carbocycles. The average Bonchev–Trinajstić information content (AvgIpc) is 3.38. The first-order valence-electron chi connectivity index (χ1n) is 12.6. The van der Waals surface area contributed by atoms with Crippen molar-refractivity contribution < 1.29 is 29.4 Å². The molecule has 8 N–H and O–H groups in total. The van der Waals surface area contributed by atoms with E-state index in [0.29, 0.717) is 12.1 Å². The van der Waals surface area contributed by atoms with Crippen LogP contribution in [0.2, 0.25) is 0 Å². The monoisotopic (exact) mass is 530 g/mol. The Hall–Kier alpha value is -3.93. The number of amides is 3. The van der Waals surface area contributed by atoms with Crippen LogP contribution in [0.25, 0.3) is 0 Å². The van der Waals surface area contributed by atoms with Crippen LogP contribution in [-0.4, -0.2) is 68.0 Å². The van der Waals surface area contributed by atoms with Gasteiger partial charge in [-0.15, -0.1) is 0 Å². The van der Waals surface area contributed by atoms with E-state index in [2.05, 4.69) is 25.9 Å². The molecule has 3 amide bonds. The maximum Gasteiger partial charge on any atom is 0.326 e. The smallest absolute Gasteiger partial charge is 0.326 e. The molecule has 0 aliphatic heterocycles. The van der Waals surface area contributed by atoms with Gasteiger partial charge < -0.3 is 36.9 Å². The van der Waals surface area contributed by atoms with Gasteiger partial charge in [0.05, 0.1) is 12.4 Å². The fourth-order valence-electron chi connectivity index (χ4n) is 3.80. The Labute approximate surface area is 221 Å². The number of carboxylic acid groups (broad SMARTS) is 1. The fourth-order valence-corrected chi connectivity index (χ4v) is 3.80. The molecular weight excluding hydrogens is 492 g/mol. The number of benzene rings is 1. The van der Waals surface area contributed by atoms with E-state index < -0.39 is 47.9 Å². The van der Waals surface area contributed by atoms with Gasteiger partial charge in [-0.1, -0.05) is 46.2 Å². The number of aliphatic carboxylic acids is 1. The molecule has 0 saturated carbocycles. The largest absolute Gasteiger partial charge is 0.508 e. The Morgan fingerprint density at radius 1 is 0.947 bits per heavy atom. The molecule has 12 heteroatoms. The van der Waals surface area contributed by atoms with Gasteiger partial charge in [-0.3, -0.25) is 14.4 Å². The SMILES string of the molecule is CCC(C)C(NC(=O)C(NC(=O)C(N)Cc1ccc(O)cc1)C(C)C)C(=O)NC(Cc1cnc[nH]1)C(=O)O. The van der Waals surface area contributed by atoms with Gasteiger partial charge in [-0.25, -0.2) is 9.78 Å². The second-order valence-corrected chi connectivity index (χ2v) is 9.76. The van der Waals surface area contributed by atoms with Crippen molar-refractivity contribution in [3.63, 3.8) is 0 Å². The van der Waals surface area contributed by atoms with Crippen LogP contribution in [0.5, 0.6) is 5.75 Å². The number of H-pyrrole nitrogens is 1. The van der Waals surface area contributed by atoms with Crippen molar-refractivity contribution in [2.45, 2.75) is 71.1 Å². The van der Waals surface area contributed by atoms with Gasteiger partial charge in [0.1, 0.15) is 23.9 Å². The van der Waals surface area contributed by atoms with Crippen molar-refractivity contribution in [1.29, 1.82) is 0 Å². The number of carbonyl (C=O) groups excluding carboxylic acids is 3. The number of hydrogen-bond acceptors (Lipinski definition) is 7. The maximum atomic E-state index is 13.2. The van der Waals surface area contributed by atoms with E-state index in [1.54, 1.807) is 32.9 Å². The third kappa shape index (κ3) is 8.87. The molecule has 5 atom stereocenters. The highest BCUT2D eigenvalue weighted by atomic mass is 16.4. The molecule has 0 fully saturated rings. The number of phenolic OH excluding ortho intramolecular Hbond substituents is 1. The predicted octanol–water partition coefficient (Wildman–Crippen LogP) is 0.469. The molecule has 38 heavy (non-hydrogen) atoms. The third-order valence-corrected chi connectivity index (χ3v) is 6.36. The van der Waals surface area contributed by atoms with Crippen LogP contribution >= 0.6 is 0 Å². The quantitative estimate of drug-likeness (QED) is 0.183. The molecular formula is C26H38N6O6. The number of nitrogens with zero attached hydrogens (tertiary/aromatic N) is 1. The Morgan fingerprint density at radius 2 is 1.55 bits per heavy atom. The highest BCUT2D eigenvalue weighted by molar-refractivity contribution is 5.94.